The Bertz CT molecular complexity index is 545. The number of nitrogens with zero attached hydrogens (tertiary/aromatic N) is 4. The summed E-state index contributed by atoms with van der Waals surface area (Å²) in [6, 6.07) is 11.1. The molecule has 28 heavy (non-hydrogen) atoms. The Morgan fingerprint density at radius 1 is 1.14 bits per heavy atom. The summed E-state index contributed by atoms with van der Waals surface area (Å²) >= 11 is 0. The molecule has 1 unspecified atom stereocenters. The van der Waals surface area contributed by atoms with E-state index in [4.69, 9.17) is 0 Å². The van der Waals surface area contributed by atoms with Gasteiger partial charge in [0.15, 0.2) is 5.96 Å². The lowest BCUT2D eigenvalue weighted by molar-refractivity contribution is 0.120. The number of nitrogens with one attached hydrogen (secondary N) is 2. The van der Waals surface area contributed by atoms with Crippen molar-refractivity contribution in [1.29, 1.82) is 0 Å². The topological polar surface area (TPSA) is 46.1 Å². The SMILES string of the molecule is CCN(CCCNC(=NC)NCC(C)N1CCN(C)CC1)c1ccccc1.I. The van der Waals surface area contributed by atoms with Crippen molar-refractivity contribution >= 4 is 35.6 Å². The highest BCUT2D eigenvalue weighted by atomic mass is 127. The van der Waals surface area contributed by atoms with Gasteiger partial charge in [-0.05, 0) is 39.4 Å². The zero-order valence-electron chi connectivity index (χ0n) is 18.0. The fourth-order valence-electron chi connectivity index (χ4n) is 3.44. The molecule has 0 saturated carbocycles. The lowest BCUT2D eigenvalue weighted by Gasteiger charge is -2.36. The van der Waals surface area contributed by atoms with Gasteiger partial charge in [-0.3, -0.25) is 9.89 Å². The minimum Gasteiger partial charge on any atom is -0.372 e. The molecule has 0 amide bonds. The molecular formula is C21H39IN6. The molecule has 0 aromatic heterocycles. The van der Waals surface area contributed by atoms with Gasteiger partial charge in [-0.2, -0.15) is 0 Å². The van der Waals surface area contributed by atoms with Crippen LogP contribution >= 0.6 is 24.0 Å². The molecule has 1 aliphatic heterocycles. The molecule has 0 bridgehead atoms. The summed E-state index contributed by atoms with van der Waals surface area (Å²) in [5.41, 5.74) is 1.29. The first-order valence-corrected chi connectivity index (χ1v) is 10.3. The van der Waals surface area contributed by atoms with Crippen molar-refractivity contribution < 1.29 is 0 Å². The van der Waals surface area contributed by atoms with Crippen LogP contribution in [0.3, 0.4) is 0 Å². The lowest BCUT2D eigenvalue weighted by Crippen LogP contribution is -2.52. The van der Waals surface area contributed by atoms with Crippen molar-refractivity contribution in [3.8, 4) is 0 Å². The van der Waals surface area contributed by atoms with E-state index in [0.29, 0.717) is 6.04 Å². The van der Waals surface area contributed by atoms with Crippen LogP contribution in [0.25, 0.3) is 0 Å². The number of hydrogen-bond acceptors (Lipinski definition) is 4. The van der Waals surface area contributed by atoms with Gasteiger partial charge >= 0.3 is 0 Å². The molecule has 0 spiro atoms. The third-order valence-electron chi connectivity index (χ3n) is 5.35. The molecule has 1 aromatic rings. The molecule has 1 aromatic carbocycles. The minimum absolute atomic E-state index is 0. The van der Waals surface area contributed by atoms with E-state index < -0.39 is 0 Å². The maximum absolute atomic E-state index is 4.37. The van der Waals surface area contributed by atoms with E-state index in [-0.39, 0.29) is 24.0 Å². The van der Waals surface area contributed by atoms with E-state index in [1.165, 1.54) is 5.69 Å². The maximum atomic E-state index is 4.37. The summed E-state index contributed by atoms with van der Waals surface area (Å²) in [5.74, 6) is 0.902. The molecule has 0 aliphatic carbocycles. The van der Waals surface area contributed by atoms with E-state index in [1.54, 1.807) is 0 Å². The van der Waals surface area contributed by atoms with Crippen LogP contribution in [-0.2, 0) is 0 Å². The summed E-state index contributed by atoms with van der Waals surface area (Å²) in [7, 11) is 4.04. The fourth-order valence-corrected chi connectivity index (χ4v) is 3.44. The number of piperazine rings is 1. The maximum Gasteiger partial charge on any atom is 0.191 e. The predicted molar refractivity (Wildman–Crippen MR) is 132 cm³/mol. The molecule has 1 aliphatic rings. The van der Waals surface area contributed by atoms with Crippen molar-refractivity contribution in [2.24, 2.45) is 4.99 Å². The molecule has 0 radical (unpaired) electrons. The average Bonchev–Trinajstić information content (AvgIpc) is 2.71. The molecule has 160 valence electrons. The first-order chi connectivity index (χ1) is 13.1. The van der Waals surface area contributed by atoms with Crippen LogP contribution < -0.4 is 15.5 Å². The highest BCUT2D eigenvalue weighted by Crippen LogP contribution is 2.12. The van der Waals surface area contributed by atoms with Gasteiger partial charge in [0.25, 0.3) is 0 Å². The number of likely N-dealkylation sites (N-methyl/N-ethyl adjacent to an activating group) is 1. The molecule has 1 saturated heterocycles. The molecule has 1 fully saturated rings. The van der Waals surface area contributed by atoms with Gasteiger partial charge < -0.3 is 20.4 Å². The molecule has 7 heteroatoms. The van der Waals surface area contributed by atoms with E-state index in [2.05, 4.69) is 81.6 Å². The van der Waals surface area contributed by atoms with Crippen molar-refractivity contribution in [3.63, 3.8) is 0 Å². The third-order valence-corrected chi connectivity index (χ3v) is 5.35. The smallest absolute Gasteiger partial charge is 0.191 e. The summed E-state index contributed by atoms with van der Waals surface area (Å²) < 4.78 is 0. The second-order valence-electron chi connectivity index (χ2n) is 7.34. The first-order valence-electron chi connectivity index (χ1n) is 10.3. The third kappa shape index (κ3) is 8.53. The Labute approximate surface area is 188 Å². The number of hydrogen-bond donors (Lipinski definition) is 2. The van der Waals surface area contributed by atoms with Gasteiger partial charge in [-0.1, -0.05) is 18.2 Å². The fraction of sp³-hybridized carbons (Fsp3) is 0.667. The number of guanidine groups is 1. The Hall–Kier alpha value is -1.06. The van der Waals surface area contributed by atoms with Crippen molar-refractivity contribution in [2.45, 2.75) is 26.3 Å². The summed E-state index contributed by atoms with van der Waals surface area (Å²) in [6.45, 7) is 13.0. The van der Waals surface area contributed by atoms with Crippen LogP contribution in [0.5, 0.6) is 0 Å². The Morgan fingerprint density at radius 3 is 2.43 bits per heavy atom. The zero-order chi connectivity index (χ0) is 19.5. The van der Waals surface area contributed by atoms with Gasteiger partial charge in [0, 0.05) is 71.1 Å². The summed E-state index contributed by atoms with van der Waals surface area (Å²) in [5, 5.41) is 6.93. The van der Waals surface area contributed by atoms with Crippen LogP contribution in [0.4, 0.5) is 5.69 Å². The van der Waals surface area contributed by atoms with Gasteiger partial charge in [-0.15, -0.1) is 24.0 Å². The number of para-hydroxylation sites is 1. The quantitative estimate of drug-likeness (QED) is 0.235. The average molecular weight is 502 g/mol. The first kappa shape index (κ1) is 25.0. The number of anilines is 1. The largest absolute Gasteiger partial charge is 0.372 e. The minimum atomic E-state index is 0. The number of halogens is 1. The summed E-state index contributed by atoms with van der Waals surface area (Å²) in [6.07, 6.45) is 1.08. The number of aliphatic imine (C=N–C) groups is 1. The second-order valence-corrected chi connectivity index (χ2v) is 7.34. The van der Waals surface area contributed by atoms with E-state index >= 15 is 0 Å². The number of benzene rings is 1. The Kier molecular flexibility index (Phi) is 12.5. The van der Waals surface area contributed by atoms with Gasteiger partial charge in [-0.25, -0.2) is 0 Å². The van der Waals surface area contributed by atoms with Crippen LogP contribution in [-0.4, -0.2) is 88.3 Å². The molecule has 1 heterocycles. The van der Waals surface area contributed by atoms with Crippen molar-refractivity contribution in [2.75, 3.05) is 71.4 Å². The Morgan fingerprint density at radius 2 is 1.82 bits per heavy atom. The van der Waals surface area contributed by atoms with Crippen LogP contribution in [0.15, 0.2) is 35.3 Å². The lowest BCUT2D eigenvalue weighted by atomic mass is 10.2. The molecule has 1 atom stereocenters. The second kappa shape index (κ2) is 14.0. The van der Waals surface area contributed by atoms with Crippen molar-refractivity contribution in [3.05, 3.63) is 30.3 Å². The van der Waals surface area contributed by atoms with Gasteiger partial charge in [0.2, 0.25) is 0 Å². The predicted octanol–water partition coefficient (Wildman–Crippen LogP) is 2.32. The van der Waals surface area contributed by atoms with E-state index in [9.17, 15) is 0 Å². The number of rotatable bonds is 9. The molecule has 2 rings (SSSR count). The monoisotopic (exact) mass is 502 g/mol. The standard InChI is InChI=1S/C21H38N6.HI/c1-5-26(20-10-7-6-8-11-20)13-9-12-23-21(22-3)24-18-19(2)27-16-14-25(4)15-17-27;/h6-8,10-11,19H,5,9,12-18H2,1-4H3,(H2,22,23,24);1H. The van der Waals surface area contributed by atoms with Gasteiger partial charge in [0.05, 0.1) is 0 Å². The normalized spacial score (nSPS) is 16.9. The van der Waals surface area contributed by atoms with E-state index in [1.807, 2.05) is 7.05 Å². The van der Waals surface area contributed by atoms with E-state index in [0.717, 1.165) is 64.7 Å². The van der Waals surface area contributed by atoms with Crippen LogP contribution in [0.1, 0.15) is 20.3 Å². The Balaban J connectivity index is 0.00000392. The molecule has 2 N–H and O–H groups in total. The van der Waals surface area contributed by atoms with Crippen LogP contribution in [0.2, 0.25) is 0 Å². The molecular weight excluding hydrogens is 463 g/mol. The van der Waals surface area contributed by atoms with Gasteiger partial charge in [0.1, 0.15) is 0 Å². The highest BCUT2D eigenvalue weighted by Gasteiger charge is 2.19. The van der Waals surface area contributed by atoms with Crippen LogP contribution in [0, 0.1) is 0 Å². The molecule has 6 nitrogen and oxygen atoms in total. The highest BCUT2D eigenvalue weighted by molar-refractivity contribution is 14.0. The zero-order valence-corrected chi connectivity index (χ0v) is 20.4. The van der Waals surface area contributed by atoms with Crippen molar-refractivity contribution in [1.82, 2.24) is 20.4 Å². The summed E-state index contributed by atoms with van der Waals surface area (Å²) in [4.78, 5) is 11.7.